The van der Waals surface area contributed by atoms with Crippen molar-refractivity contribution in [3.05, 3.63) is 11.6 Å². The Morgan fingerprint density at radius 3 is 2.00 bits per heavy atom. The van der Waals surface area contributed by atoms with Gasteiger partial charge in [-0.3, -0.25) is 4.79 Å². The maximum absolute atomic E-state index is 13.2. The van der Waals surface area contributed by atoms with Gasteiger partial charge >= 0.3 is 11.9 Å². The number of hydrogen-bond donors (Lipinski definition) is 9. The first-order chi connectivity index (χ1) is 29.7. The van der Waals surface area contributed by atoms with Crippen molar-refractivity contribution in [2.45, 2.75) is 212 Å². The van der Waals surface area contributed by atoms with Crippen molar-refractivity contribution in [3.8, 4) is 0 Å². The zero-order valence-electron chi connectivity index (χ0n) is 38.5. The Hall–Kier alpha value is -1.84. The van der Waals surface area contributed by atoms with E-state index < -0.39 is 121 Å². The Bertz CT molecular complexity index is 1810. The molecule has 3 saturated heterocycles. The van der Waals surface area contributed by atoms with Crippen LogP contribution in [-0.4, -0.2) is 157 Å². The van der Waals surface area contributed by atoms with E-state index in [1.807, 2.05) is 0 Å². The highest BCUT2D eigenvalue weighted by molar-refractivity contribution is 5.76. The molecule has 4 saturated carbocycles. The van der Waals surface area contributed by atoms with E-state index in [0.717, 1.165) is 44.9 Å². The molecule has 0 aromatic heterocycles. The predicted octanol–water partition coefficient (Wildman–Crippen LogP) is 2.47. The van der Waals surface area contributed by atoms with Gasteiger partial charge in [-0.2, -0.15) is 0 Å². The first-order valence-corrected chi connectivity index (χ1v) is 23.6. The van der Waals surface area contributed by atoms with Crippen molar-refractivity contribution in [1.82, 2.24) is 0 Å². The van der Waals surface area contributed by atoms with Crippen molar-refractivity contribution in [3.63, 3.8) is 0 Å². The Kier molecular flexibility index (Phi) is 12.7. The molecule has 0 spiro atoms. The largest absolute Gasteiger partial charge is 0.481 e. The lowest BCUT2D eigenvalue weighted by Crippen LogP contribution is -2.68. The maximum Gasteiger partial charge on any atom is 0.335 e. The molecular weight excluding hydrogens is 837 g/mol. The van der Waals surface area contributed by atoms with Crippen molar-refractivity contribution >= 4 is 11.9 Å². The minimum Gasteiger partial charge on any atom is -0.481 e. The minimum absolute atomic E-state index is 0.00977. The van der Waals surface area contributed by atoms with Crippen LogP contribution in [-0.2, 0) is 38.0 Å². The molecule has 22 unspecified atom stereocenters. The van der Waals surface area contributed by atoms with Crippen LogP contribution in [0.1, 0.15) is 120 Å². The van der Waals surface area contributed by atoms with Gasteiger partial charge in [-0.25, -0.2) is 4.79 Å². The lowest BCUT2D eigenvalue weighted by molar-refractivity contribution is -0.390. The van der Waals surface area contributed by atoms with Gasteiger partial charge in [-0.15, -0.1) is 0 Å². The highest BCUT2D eigenvalue weighted by Crippen LogP contribution is 2.76. The van der Waals surface area contributed by atoms with Crippen LogP contribution in [0, 0.1) is 50.2 Å². The predicted molar refractivity (Wildman–Crippen MR) is 224 cm³/mol. The second-order valence-corrected chi connectivity index (χ2v) is 23.0. The number of carboxylic acid groups (broad SMARTS) is 2. The Morgan fingerprint density at radius 2 is 1.33 bits per heavy atom. The number of hydrogen-bond acceptors (Lipinski definition) is 15. The third-order valence-corrected chi connectivity index (χ3v) is 18.9. The van der Waals surface area contributed by atoms with E-state index in [1.54, 1.807) is 0 Å². The summed E-state index contributed by atoms with van der Waals surface area (Å²) in [7, 11) is 0. The van der Waals surface area contributed by atoms with E-state index in [2.05, 4.69) is 54.5 Å². The molecule has 17 nitrogen and oxygen atoms in total. The number of carboxylic acids is 2. The minimum atomic E-state index is -2.00. The monoisotopic (exact) mass is 910 g/mol. The summed E-state index contributed by atoms with van der Waals surface area (Å²) in [5.74, 6) is -1.85. The fourth-order valence-corrected chi connectivity index (χ4v) is 14.8. The van der Waals surface area contributed by atoms with Gasteiger partial charge in [0.2, 0.25) is 0 Å². The average molecular weight is 911 g/mol. The molecule has 22 atom stereocenters. The maximum atomic E-state index is 13.2. The average Bonchev–Trinajstić information content (AvgIpc) is 3.21. The summed E-state index contributed by atoms with van der Waals surface area (Å²) < 4.78 is 36.5. The molecule has 9 N–H and O–H groups in total. The standard InChI is InChI=1S/C47H74O17/c1-21-28(49)30(51)32(53)39(60-21)62-34-33(54)35(37(55)56)63-40(36(34)64-38-31(52)29(50)24(48)20-59-38)61-27-12-13-44(6)25(43(27,4)5)11-14-46(8)26(44)10-9-22-23-19-42(2,3)15-17-47(23,41(57)58)18-16-45(22,46)7/h9,21,23-36,38-40,48-54H,10-20H2,1-8H3,(H,55,56)(H,57,58). The van der Waals surface area contributed by atoms with Gasteiger partial charge in [-0.05, 0) is 116 Å². The zero-order valence-corrected chi connectivity index (χ0v) is 38.5. The van der Waals surface area contributed by atoms with Crippen LogP contribution in [0.2, 0.25) is 0 Å². The molecule has 8 rings (SSSR count). The molecule has 0 amide bonds. The van der Waals surface area contributed by atoms with Gasteiger partial charge in [0.05, 0.1) is 24.2 Å². The Balaban J connectivity index is 1.09. The fourth-order valence-electron chi connectivity index (χ4n) is 14.8. The Labute approximate surface area is 375 Å². The third-order valence-electron chi connectivity index (χ3n) is 18.9. The topological polar surface area (TPSA) is 272 Å². The van der Waals surface area contributed by atoms with Crippen LogP contribution in [0.4, 0.5) is 0 Å². The second kappa shape index (κ2) is 16.7. The summed E-state index contributed by atoms with van der Waals surface area (Å²) in [6.07, 6.45) is -13.6. The lowest BCUT2D eigenvalue weighted by atomic mass is 9.33. The summed E-state index contributed by atoms with van der Waals surface area (Å²) in [6, 6.07) is 0. The van der Waals surface area contributed by atoms with Crippen LogP contribution in [0.25, 0.3) is 0 Å². The summed E-state index contributed by atoms with van der Waals surface area (Å²) in [4.78, 5) is 25.9. The SMILES string of the molecule is CC1OC(OC2C(O)C(C(=O)O)OC(OC3CCC4(C)C(CCC5(C)C4CC=C4C6CC(C)(C)CCC6(C(=O)O)CCC45C)C3(C)C)C2OC2OCC(O)C(O)C2O)C(O)C(O)C1O. The molecule has 7 fully saturated rings. The molecule has 8 aliphatic rings. The van der Waals surface area contributed by atoms with E-state index in [1.165, 1.54) is 12.5 Å². The molecule has 0 radical (unpaired) electrons. The van der Waals surface area contributed by atoms with Crippen molar-refractivity contribution in [1.29, 1.82) is 0 Å². The van der Waals surface area contributed by atoms with E-state index in [0.29, 0.717) is 19.3 Å². The van der Waals surface area contributed by atoms with Crippen LogP contribution in [0.5, 0.6) is 0 Å². The number of aliphatic hydroxyl groups excluding tert-OH is 7. The Morgan fingerprint density at radius 1 is 0.672 bits per heavy atom. The quantitative estimate of drug-likeness (QED) is 0.125. The van der Waals surface area contributed by atoms with E-state index in [-0.39, 0.29) is 39.4 Å². The van der Waals surface area contributed by atoms with Crippen LogP contribution >= 0.6 is 0 Å². The molecule has 5 aliphatic carbocycles. The molecular formula is C47H74O17. The summed E-state index contributed by atoms with van der Waals surface area (Å²) >= 11 is 0. The van der Waals surface area contributed by atoms with Crippen molar-refractivity contribution < 1.29 is 84.0 Å². The number of rotatable bonds is 8. The number of aliphatic hydroxyl groups is 7. The molecule has 0 bridgehead atoms. The van der Waals surface area contributed by atoms with Crippen LogP contribution in [0.3, 0.4) is 0 Å². The van der Waals surface area contributed by atoms with Gasteiger partial charge in [-0.1, -0.05) is 60.1 Å². The third kappa shape index (κ3) is 7.45. The van der Waals surface area contributed by atoms with Crippen LogP contribution < -0.4 is 0 Å². The highest BCUT2D eigenvalue weighted by atomic mass is 16.8. The van der Waals surface area contributed by atoms with Crippen molar-refractivity contribution in [2.24, 2.45) is 50.2 Å². The molecule has 64 heavy (non-hydrogen) atoms. The van der Waals surface area contributed by atoms with Crippen molar-refractivity contribution in [2.75, 3.05) is 6.61 Å². The molecule has 0 aromatic rings. The summed E-state index contributed by atoms with van der Waals surface area (Å²) in [5.41, 5.74) is -0.358. The number of fused-ring (bicyclic) bond motifs is 7. The summed E-state index contributed by atoms with van der Waals surface area (Å²) in [6.45, 7) is 17.1. The highest BCUT2D eigenvalue weighted by Gasteiger charge is 2.70. The molecule has 3 aliphatic heterocycles. The normalized spacial score (nSPS) is 53.4. The lowest BCUT2D eigenvalue weighted by Gasteiger charge is -2.71. The van der Waals surface area contributed by atoms with Gasteiger partial charge in [0, 0.05) is 0 Å². The van der Waals surface area contributed by atoms with Gasteiger partial charge in [0.25, 0.3) is 0 Å². The molecule has 364 valence electrons. The van der Waals surface area contributed by atoms with E-state index in [9.17, 15) is 55.5 Å². The van der Waals surface area contributed by atoms with Gasteiger partial charge < -0.3 is 74.4 Å². The van der Waals surface area contributed by atoms with Gasteiger partial charge in [0.1, 0.15) is 54.9 Å². The summed E-state index contributed by atoms with van der Waals surface area (Å²) in [5, 5.41) is 96.4. The fraction of sp³-hybridized carbons (Fsp3) is 0.915. The molecule has 17 heteroatoms. The number of allylic oxidation sites excluding steroid dienone is 2. The molecule has 0 aromatic carbocycles. The first-order valence-electron chi connectivity index (χ1n) is 23.6. The molecule has 3 heterocycles. The van der Waals surface area contributed by atoms with E-state index in [4.69, 9.17) is 28.4 Å². The van der Waals surface area contributed by atoms with Gasteiger partial charge in [0.15, 0.2) is 25.0 Å². The van der Waals surface area contributed by atoms with Crippen LogP contribution in [0.15, 0.2) is 11.6 Å². The number of aliphatic carboxylic acids is 2. The first kappa shape index (κ1) is 48.6. The zero-order chi connectivity index (χ0) is 46.9. The second-order valence-electron chi connectivity index (χ2n) is 23.0. The van der Waals surface area contributed by atoms with E-state index >= 15 is 0 Å². The smallest absolute Gasteiger partial charge is 0.335 e. The number of ether oxygens (including phenoxy) is 6. The number of carbonyl (C=O) groups is 2.